The minimum Gasteiger partial charge on any atom is -0.490 e. The van der Waals surface area contributed by atoms with E-state index in [0.717, 1.165) is 16.8 Å². The number of amides is 1. The summed E-state index contributed by atoms with van der Waals surface area (Å²) in [6, 6.07) is 17.5. The number of rotatable bonds is 9. The highest BCUT2D eigenvalue weighted by molar-refractivity contribution is 5.79. The Kier molecular flexibility index (Phi) is 6.47. The highest BCUT2D eigenvalue weighted by Gasteiger charge is 2.34. The highest BCUT2D eigenvalue weighted by Crippen LogP contribution is 2.32. The van der Waals surface area contributed by atoms with Crippen molar-refractivity contribution in [2.45, 2.75) is 32.7 Å². The second kappa shape index (κ2) is 10.0. The van der Waals surface area contributed by atoms with Gasteiger partial charge in [0.1, 0.15) is 5.69 Å². The van der Waals surface area contributed by atoms with Crippen molar-refractivity contribution in [2.75, 3.05) is 19.8 Å². The summed E-state index contributed by atoms with van der Waals surface area (Å²) in [7, 11) is 0. The second-order valence-electron chi connectivity index (χ2n) is 8.31. The lowest BCUT2D eigenvalue weighted by Crippen LogP contribution is -2.24. The first-order valence-corrected chi connectivity index (χ1v) is 11.8. The van der Waals surface area contributed by atoms with Gasteiger partial charge in [0, 0.05) is 31.0 Å². The van der Waals surface area contributed by atoms with E-state index in [1.807, 2.05) is 73.3 Å². The van der Waals surface area contributed by atoms with Crippen molar-refractivity contribution in [2.24, 2.45) is 0 Å². The fourth-order valence-corrected chi connectivity index (χ4v) is 4.21. The summed E-state index contributed by atoms with van der Waals surface area (Å²) in [5.41, 5.74) is 3.41. The van der Waals surface area contributed by atoms with E-state index >= 15 is 0 Å². The molecule has 2 aromatic heterocycles. The first kappa shape index (κ1) is 22.6. The average Bonchev–Trinajstić information content (AvgIpc) is 3.62. The minimum atomic E-state index is -0.134. The third-order valence-corrected chi connectivity index (χ3v) is 5.88. The molecule has 1 amide bonds. The third-order valence-electron chi connectivity index (χ3n) is 5.88. The molecule has 1 fully saturated rings. The predicted molar refractivity (Wildman–Crippen MR) is 129 cm³/mol. The van der Waals surface area contributed by atoms with Crippen LogP contribution in [-0.4, -0.2) is 50.9 Å². The summed E-state index contributed by atoms with van der Waals surface area (Å²) < 4.78 is 16.8. The van der Waals surface area contributed by atoms with E-state index in [9.17, 15) is 4.79 Å². The van der Waals surface area contributed by atoms with Crippen LogP contribution in [0, 0.1) is 0 Å². The lowest BCUT2D eigenvalue weighted by molar-refractivity contribution is -0.128. The molecule has 5 rings (SSSR count). The van der Waals surface area contributed by atoms with E-state index in [1.165, 1.54) is 0 Å². The van der Waals surface area contributed by atoms with Gasteiger partial charge in [0.2, 0.25) is 5.91 Å². The first-order chi connectivity index (χ1) is 17.1. The Bertz CT molecular complexity index is 1300. The number of aromatic nitrogens is 4. The standard InChI is InChI=1S/C26H27N5O4/c1-3-33-22-11-10-17(12-23(22)34-4-2)15-31-16-19(13-24(31)32)25-27-26(35-30-25)21-14-20(28-29-21)18-8-6-5-7-9-18/h5-12,14,19H,3-4,13,15-16H2,1-2H3,(H,28,29). The number of ether oxygens (including phenoxy) is 2. The van der Waals surface area contributed by atoms with Crippen LogP contribution in [0.1, 0.15) is 37.6 Å². The van der Waals surface area contributed by atoms with Crippen LogP contribution in [-0.2, 0) is 11.3 Å². The quantitative estimate of drug-likeness (QED) is 0.383. The number of nitrogens with one attached hydrogen (secondary N) is 1. The van der Waals surface area contributed by atoms with Crippen molar-refractivity contribution in [3.05, 3.63) is 66.0 Å². The fraction of sp³-hybridized carbons (Fsp3) is 0.308. The molecule has 0 aliphatic carbocycles. The van der Waals surface area contributed by atoms with Crippen molar-refractivity contribution in [1.82, 2.24) is 25.2 Å². The number of benzene rings is 2. The molecule has 4 aromatic rings. The summed E-state index contributed by atoms with van der Waals surface area (Å²) in [5, 5.41) is 11.5. The van der Waals surface area contributed by atoms with Crippen molar-refractivity contribution in [3.8, 4) is 34.3 Å². The van der Waals surface area contributed by atoms with Gasteiger partial charge in [-0.3, -0.25) is 9.89 Å². The number of hydrogen-bond donors (Lipinski definition) is 1. The molecule has 1 N–H and O–H groups in total. The molecular weight excluding hydrogens is 446 g/mol. The van der Waals surface area contributed by atoms with Crippen LogP contribution in [0.3, 0.4) is 0 Å². The number of likely N-dealkylation sites (tertiary alicyclic amines) is 1. The van der Waals surface area contributed by atoms with Crippen LogP contribution in [0.25, 0.3) is 22.8 Å². The van der Waals surface area contributed by atoms with Gasteiger partial charge in [0.25, 0.3) is 5.89 Å². The van der Waals surface area contributed by atoms with Crippen LogP contribution in [0.2, 0.25) is 0 Å². The zero-order valence-electron chi connectivity index (χ0n) is 19.7. The van der Waals surface area contributed by atoms with Gasteiger partial charge in [-0.2, -0.15) is 10.1 Å². The summed E-state index contributed by atoms with van der Waals surface area (Å²) in [6.45, 7) is 5.97. The maximum absolute atomic E-state index is 12.7. The molecule has 0 bridgehead atoms. The van der Waals surface area contributed by atoms with Crippen LogP contribution in [0.5, 0.6) is 11.5 Å². The fourth-order valence-electron chi connectivity index (χ4n) is 4.21. The summed E-state index contributed by atoms with van der Waals surface area (Å²) in [4.78, 5) is 19.1. The van der Waals surface area contributed by atoms with E-state index in [4.69, 9.17) is 14.0 Å². The molecule has 2 aromatic carbocycles. The second-order valence-corrected chi connectivity index (χ2v) is 8.31. The van der Waals surface area contributed by atoms with Crippen molar-refractivity contribution in [1.29, 1.82) is 0 Å². The average molecular weight is 474 g/mol. The number of H-pyrrole nitrogens is 1. The van der Waals surface area contributed by atoms with Crippen molar-refractivity contribution < 1.29 is 18.8 Å². The number of carbonyl (C=O) groups excluding carboxylic acids is 1. The summed E-state index contributed by atoms with van der Waals surface area (Å²) in [5.74, 6) is 2.19. The van der Waals surface area contributed by atoms with Gasteiger partial charge >= 0.3 is 0 Å². The normalized spacial score (nSPS) is 15.5. The molecule has 1 aliphatic heterocycles. The van der Waals surface area contributed by atoms with E-state index in [0.29, 0.717) is 61.6 Å². The zero-order chi connectivity index (χ0) is 24.2. The number of hydrogen-bond acceptors (Lipinski definition) is 7. The van der Waals surface area contributed by atoms with E-state index in [1.54, 1.807) is 0 Å². The lowest BCUT2D eigenvalue weighted by Gasteiger charge is -2.18. The molecule has 1 unspecified atom stereocenters. The molecule has 0 spiro atoms. The van der Waals surface area contributed by atoms with E-state index in [2.05, 4.69) is 20.3 Å². The summed E-state index contributed by atoms with van der Waals surface area (Å²) in [6.07, 6.45) is 0.340. The monoisotopic (exact) mass is 473 g/mol. The van der Waals surface area contributed by atoms with Gasteiger partial charge in [-0.1, -0.05) is 41.6 Å². The Morgan fingerprint density at radius 3 is 2.66 bits per heavy atom. The third kappa shape index (κ3) is 4.89. The Morgan fingerprint density at radius 2 is 1.86 bits per heavy atom. The van der Waals surface area contributed by atoms with Crippen molar-refractivity contribution >= 4 is 5.91 Å². The Labute approximate surface area is 203 Å². The summed E-state index contributed by atoms with van der Waals surface area (Å²) >= 11 is 0. The molecular formula is C26H27N5O4. The number of nitrogens with zero attached hydrogens (tertiary/aromatic N) is 4. The molecule has 0 saturated carbocycles. The van der Waals surface area contributed by atoms with Gasteiger partial charge in [0.05, 0.1) is 18.9 Å². The van der Waals surface area contributed by atoms with E-state index < -0.39 is 0 Å². The zero-order valence-corrected chi connectivity index (χ0v) is 19.7. The Hall–Kier alpha value is -4.14. The highest BCUT2D eigenvalue weighted by atomic mass is 16.5. The lowest BCUT2D eigenvalue weighted by atomic mass is 10.1. The smallest absolute Gasteiger partial charge is 0.275 e. The topological polar surface area (TPSA) is 106 Å². The Balaban J connectivity index is 1.27. The van der Waals surface area contributed by atoms with Crippen LogP contribution < -0.4 is 9.47 Å². The van der Waals surface area contributed by atoms with Crippen LogP contribution in [0.15, 0.2) is 59.1 Å². The van der Waals surface area contributed by atoms with Gasteiger partial charge in [-0.25, -0.2) is 0 Å². The number of aromatic amines is 1. The molecule has 1 saturated heterocycles. The minimum absolute atomic E-state index is 0.0566. The maximum Gasteiger partial charge on any atom is 0.275 e. The first-order valence-electron chi connectivity index (χ1n) is 11.8. The van der Waals surface area contributed by atoms with Gasteiger partial charge in [-0.15, -0.1) is 0 Å². The van der Waals surface area contributed by atoms with Gasteiger partial charge < -0.3 is 18.9 Å². The largest absolute Gasteiger partial charge is 0.490 e. The number of carbonyl (C=O) groups is 1. The molecule has 1 aliphatic rings. The molecule has 9 heteroatoms. The van der Waals surface area contributed by atoms with Gasteiger partial charge in [-0.05, 0) is 37.6 Å². The molecule has 0 radical (unpaired) electrons. The van der Waals surface area contributed by atoms with Crippen LogP contribution in [0.4, 0.5) is 0 Å². The molecule has 1 atom stereocenters. The van der Waals surface area contributed by atoms with Gasteiger partial charge in [0.15, 0.2) is 17.3 Å². The van der Waals surface area contributed by atoms with Crippen LogP contribution >= 0.6 is 0 Å². The molecule has 35 heavy (non-hydrogen) atoms. The van der Waals surface area contributed by atoms with Crippen molar-refractivity contribution in [3.63, 3.8) is 0 Å². The maximum atomic E-state index is 12.7. The molecule has 3 heterocycles. The molecule has 180 valence electrons. The van der Waals surface area contributed by atoms with E-state index in [-0.39, 0.29) is 11.8 Å². The predicted octanol–water partition coefficient (Wildman–Crippen LogP) is 4.44. The SMILES string of the molecule is CCOc1ccc(CN2CC(c3noc(-c4cc(-c5ccccc5)n[nH]4)n3)CC2=O)cc1OCC. The molecule has 9 nitrogen and oxygen atoms in total. The Morgan fingerprint density at radius 1 is 1.06 bits per heavy atom.